The molecule has 4 rings (SSSR count). The average molecular weight is 582 g/mol. The molecule has 1 aliphatic heterocycles. The number of thiocarbonyl (C=S) groups is 1. The first-order chi connectivity index (χ1) is 19.4. The van der Waals surface area contributed by atoms with Crippen molar-refractivity contribution >= 4 is 58.3 Å². The number of anilines is 3. The summed E-state index contributed by atoms with van der Waals surface area (Å²) in [6.45, 7) is 2.62. The summed E-state index contributed by atoms with van der Waals surface area (Å²) >= 11 is 11.5. The van der Waals surface area contributed by atoms with Crippen LogP contribution in [-0.4, -0.2) is 69.7 Å². The van der Waals surface area contributed by atoms with E-state index in [9.17, 15) is 9.59 Å². The number of hydrogen-bond acceptors (Lipinski definition) is 7. The van der Waals surface area contributed by atoms with E-state index in [0.717, 1.165) is 6.42 Å². The Morgan fingerprint density at radius 2 is 1.80 bits per heavy atom. The first kappa shape index (κ1) is 29.0. The number of hydrogen-bond donors (Lipinski definition) is 5. The first-order valence-electron chi connectivity index (χ1n) is 13.1. The van der Waals surface area contributed by atoms with Crippen LogP contribution in [0.2, 0.25) is 5.02 Å². The minimum absolute atomic E-state index is 0.0123. The molecule has 0 aliphatic carbocycles. The molecule has 0 bridgehead atoms. The smallest absolute Gasteiger partial charge is 0.305 e. The first-order valence-corrected chi connectivity index (χ1v) is 13.9. The summed E-state index contributed by atoms with van der Waals surface area (Å²) in [7, 11) is 0. The van der Waals surface area contributed by atoms with Gasteiger partial charge in [-0.3, -0.25) is 9.59 Å². The Kier molecular flexibility index (Phi) is 10.5. The molecule has 1 aliphatic rings. The van der Waals surface area contributed by atoms with Crippen molar-refractivity contribution in [2.45, 2.75) is 25.2 Å². The van der Waals surface area contributed by atoms with Crippen LogP contribution in [0.1, 0.15) is 41.1 Å². The van der Waals surface area contributed by atoms with Crippen LogP contribution in [0.5, 0.6) is 0 Å². The molecule has 1 fully saturated rings. The van der Waals surface area contributed by atoms with Gasteiger partial charge in [-0.1, -0.05) is 54.1 Å². The van der Waals surface area contributed by atoms with Gasteiger partial charge in [0, 0.05) is 44.8 Å². The second-order valence-electron chi connectivity index (χ2n) is 9.31. The largest absolute Gasteiger partial charge is 0.481 e. The van der Waals surface area contributed by atoms with E-state index in [1.165, 1.54) is 5.56 Å². The van der Waals surface area contributed by atoms with E-state index in [1.807, 2.05) is 41.3 Å². The predicted molar refractivity (Wildman–Crippen MR) is 160 cm³/mol. The van der Waals surface area contributed by atoms with Crippen molar-refractivity contribution in [3.8, 4) is 0 Å². The number of aromatic nitrogens is 2. The lowest BCUT2D eigenvalue weighted by atomic mass is 9.99. The molecule has 3 aromatic rings. The molecule has 1 unspecified atom stereocenters. The normalized spacial score (nSPS) is 14.4. The minimum atomic E-state index is -0.886. The number of rotatable bonds is 12. The van der Waals surface area contributed by atoms with E-state index in [4.69, 9.17) is 28.9 Å². The number of carbonyl (C=O) groups is 2. The van der Waals surface area contributed by atoms with Crippen molar-refractivity contribution in [3.63, 3.8) is 0 Å². The molecule has 0 radical (unpaired) electrons. The molecule has 0 spiro atoms. The van der Waals surface area contributed by atoms with E-state index >= 15 is 0 Å². The van der Waals surface area contributed by atoms with E-state index in [0.29, 0.717) is 71.7 Å². The summed E-state index contributed by atoms with van der Waals surface area (Å²) in [4.78, 5) is 35.1. The van der Waals surface area contributed by atoms with Crippen LogP contribution in [0.4, 0.5) is 17.5 Å². The van der Waals surface area contributed by atoms with Crippen LogP contribution in [0, 0.1) is 0 Å². The summed E-state index contributed by atoms with van der Waals surface area (Å²) in [6.07, 6.45) is 3.11. The number of amides is 1. The third-order valence-corrected chi connectivity index (χ3v) is 7.06. The summed E-state index contributed by atoms with van der Waals surface area (Å²) in [6, 6.07) is 17.5. The molecule has 2 heterocycles. The Hall–Kier alpha value is -3.96. The lowest BCUT2D eigenvalue weighted by Crippen LogP contribution is -2.37. The standard InChI is InChI=1S/C28H32ClN7O3S/c29-22-9-4-5-10-23(22)34-27-33-17-21(26(39)36-16-12-20(18-36)19-7-2-1-3-8-19)25(35-27)30-13-6-14-31-28(40)32-15-11-24(37)38/h1-5,7-10,17,20H,6,11-16,18H2,(H,37,38)(H2,31,32,40)(H2,30,33,34,35). The zero-order valence-electron chi connectivity index (χ0n) is 21.9. The Labute approximate surface area is 243 Å². The third-order valence-electron chi connectivity index (χ3n) is 6.44. The Bertz CT molecular complexity index is 1330. The maximum Gasteiger partial charge on any atom is 0.305 e. The monoisotopic (exact) mass is 581 g/mol. The molecule has 1 amide bonds. The van der Waals surface area contributed by atoms with Crippen molar-refractivity contribution in [2.24, 2.45) is 0 Å². The fraction of sp³-hybridized carbons (Fsp3) is 0.321. The molecule has 0 saturated carbocycles. The van der Waals surface area contributed by atoms with Crippen molar-refractivity contribution in [1.82, 2.24) is 25.5 Å². The summed E-state index contributed by atoms with van der Waals surface area (Å²) in [5.41, 5.74) is 2.29. The van der Waals surface area contributed by atoms with Crippen LogP contribution in [0.3, 0.4) is 0 Å². The highest BCUT2D eigenvalue weighted by atomic mass is 35.5. The molecule has 210 valence electrons. The van der Waals surface area contributed by atoms with E-state index < -0.39 is 5.97 Å². The summed E-state index contributed by atoms with van der Waals surface area (Å²) < 4.78 is 0. The second-order valence-corrected chi connectivity index (χ2v) is 10.1. The van der Waals surface area contributed by atoms with Gasteiger partial charge < -0.3 is 31.3 Å². The molecule has 5 N–H and O–H groups in total. The van der Waals surface area contributed by atoms with Crippen molar-refractivity contribution < 1.29 is 14.7 Å². The summed E-state index contributed by atoms with van der Waals surface area (Å²) in [5, 5.41) is 22.0. The molecule has 10 nitrogen and oxygen atoms in total. The van der Waals surface area contributed by atoms with E-state index in [2.05, 4.69) is 43.4 Å². The molecule has 1 saturated heterocycles. The van der Waals surface area contributed by atoms with Crippen molar-refractivity contribution in [2.75, 3.05) is 43.4 Å². The lowest BCUT2D eigenvalue weighted by molar-refractivity contribution is -0.136. The highest BCUT2D eigenvalue weighted by Gasteiger charge is 2.29. The SMILES string of the molecule is O=C(O)CCNC(=S)NCCCNc1nc(Nc2ccccc2Cl)ncc1C(=O)N1CCC(c2ccccc2)C1. The molecule has 1 aromatic heterocycles. The van der Waals surface area contributed by atoms with Crippen molar-refractivity contribution in [3.05, 3.63) is 76.9 Å². The number of likely N-dealkylation sites (tertiary alicyclic amines) is 1. The molecule has 12 heteroatoms. The van der Waals surface area contributed by atoms with E-state index in [-0.39, 0.29) is 18.9 Å². The second kappa shape index (κ2) is 14.4. The lowest BCUT2D eigenvalue weighted by Gasteiger charge is -2.19. The molecular weight excluding hydrogens is 550 g/mol. The zero-order valence-corrected chi connectivity index (χ0v) is 23.5. The van der Waals surface area contributed by atoms with Gasteiger partial charge in [0.1, 0.15) is 11.4 Å². The Morgan fingerprint density at radius 1 is 1.05 bits per heavy atom. The maximum atomic E-state index is 13.6. The average Bonchev–Trinajstić information content (AvgIpc) is 3.45. The fourth-order valence-corrected chi connectivity index (χ4v) is 4.76. The van der Waals surface area contributed by atoms with Gasteiger partial charge in [-0.15, -0.1) is 0 Å². The van der Waals surface area contributed by atoms with Crippen LogP contribution in [-0.2, 0) is 4.79 Å². The van der Waals surface area contributed by atoms with Gasteiger partial charge in [-0.05, 0) is 42.8 Å². The number of nitrogens with zero attached hydrogens (tertiary/aromatic N) is 3. The number of aliphatic carboxylic acids is 1. The number of carbonyl (C=O) groups excluding carboxylic acids is 1. The fourth-order valence-electron chi connectivity index (χ4n) is 4.37. The highest BCUT2D eigenvalue weighted by molar-refractivity contribution is 7.80. The van der Waals surface area contributed by atoms with Crippen LogP contribution in [0.25, 0.3) is 0 Å². The number of carboxylic acid groups (broad SMARTS) is 1. The van der Waals surface area contributed by atoms with Gasteiger partial charge in [0.05, 0.1) is 17.1 Å². The quantitative estimate of drug-likeness (QED) is 0.156. The summed E-state index contributed by atoms with van der Waals surface area (Å²) in [5.74, 6) is 0.0370. The Morgan fingerprint density at radius 3 is 2.58 bits per heavy atom. The number of benzene rings is 2. The molecule has 2 aromatic carbocycles. The van der Waals surface area contributed by atoms with E-state index in [1.54, 1.807) is 12.3 Å². The van der Waals surface area contributed by atoms with Gasteiger partial charge in [-0.2, -0.15) is 4.98 Å². The number of carboxylic acids is 1. The molecular formula is C28H32ClN7O3S. The third kappa shape index (κ3) is 8.27. The van der Waals surface area contributed by atoms with Gasteiger partial charge >= 0.3 is 5.97 Å². The number of nitrogens with one attached hydrogen (secondary N) is 4. The van der Waals surface area contributed by atoms with Crippen LogP contribution in [0.15, 0.2) is 60.8 Å². The van der Waals surface area contributed by atoms with Gasteiger partial charge in [0.2, 0.25) is 5.95 Å². The number of halogens is 1. The minimum Gasteiger partial charge on any atom is -0.481 e. The topological polar surface area (TPSA) is 132 Å². The van der Waals surface area contributed by atoms with Gasteiger partial charge in [0.15, 0.2) is 5.11 Å². The van der Waals surface area contributed by atoms with Gasteiger partial charge in [0.25, 0.3) is 5.91 Å². The van der Waals surface area contributed by atoms with Crippen molar-refractivity contribution in [1.29, 1.82) is 0 Å². The predicted octanol–water partition coefficient (Wildman–Crippen LogP) is 4.24. The molecule has 40 heavy (non-hydrogen) atoms. The van der Waals surface area contributed by atoms with Gasteiger partial charge in [-0.25, -0.2) is 4.98 Å². The highest BCUT2D eigenvalue weighted by Crippen LogP contribution is 2.29. The molecule has 1 atom stereocenters. The maximum absolute atomic E-state index is 13.6. The Balaban J connectivity index is 1.41. The zero-order chi connectivity index (χ0) is 28.3. The van der Waals surface area contributed by atoms with Crippen LogP contribution >= 0.6 is 23.8 Å². The number of para-hydroxylation sites is 1. The van der Waals surface area contributed by atoms with Crippen LogP contribution < -0.4 is 21.3 Å².